The molecule has 7 nitrogen and oxygen atoms in total. The first-order chi connectivity index (χ1) is 17.0. The van der Waals surface area contributed by atoms with Crippen LogP contribution in [0.5, 0.6) is 0 Å². The van der Waals surface area contributed by atoms with E-state index in [1.54, 1.807) is 6.20 Å². The molecule has 0 atom stereocenters. The maximum absolute atomic E-state index is 9.22. The zero-order chi connectivity index (χ0) is 24.0. The van der Waals surface area contributed by atoms with Gasteiger partial charge in [-0.1, -0.05) is 29.4 Å². The van der Waals surface area contributed by atoms with E-state index in [2.05, 4.69) is 38.1 Å². The van der Waals surface area contributed by atoms with Gasteiger partial charge in [-0.2, -0.15) is 5.26 Å². The summed E-state index contributed by atoms with van der Waals surface area (Å²) in [5.41, 5.74) is 11.0. The van der Waals surface area contributed by atoms with Gasteiger partial charge in [-0.25, -0.2) is 19.9 Å². The van der Waals surface area contributed by atoms with E-state index in [1.165, 1.54) is 22.9 Å². The van der Waals surface area contributed by atoms with Crippen LogP contribution in [0.2, 0.25) is 5.02 Å². The summed E-state index contributed by atoms with van der Waals surface area (Å²) >= 11 is 7.69. The zero-order valence-corrected chi connectivity index (χ0v) is 20.5. The number of nitriles is 1. The van der Waals surface area contributed by atoms with Crippen molar-refractivity contribution in [3.8, 4) is 6.07 Å². The summed E-state index contributed by atoms with van der Waals surface area (Å²) < 4.78 is 0. The van der Waals surface area contributed by atoms with Gasteiger partial charge in [0.05, 0.1) is 22.9 Å². The fourth-order valence-corrected chi connectivity index (χ4v) is 6.23. The number of rotatable bonds is 3. The quantitative estimate of drug-likeness (QED) is 0.417. The van der Waals surface area contributed by atoms with Gasteiger partial charge in [-0.15, -0.1) is 0 Å². The summed E-state index contributed by atoms with van der Waals surface area (Å²) in [6.07, 6.45) is 7.82. The average Bonchev–Trinajstić information content (AvgIpc) is 3.23. The molecule has 0 amide bonds. The van der Waals surface area contributed by atoms with Crippen molar-refractivity contribution in [2.75, 3.05) is 23.7 Å². The second kappa shape index (κ2) is 8.67. The summed E-state index contributed by atoms with van der Waals surface area (Å²) in [5, 5.41) is 10.4. The highest BCUT2D eigenvalue weighted by Crippen LogP contribution is 2.45. The van der Waals surface area contributed by atoms with E-state index in [4.69, 9.17) is 22.3 Å². The van der Waals surface area contributed by atoms with Crippen LogP contribution in [-0.4, -0.2) is 33.0 Å². The van der Waals surface area contributed by atoms with E-state index < -0.39 is 0 Å². The summed E-state index contributed by atoms with van der Waals surface area (Å²) in [4.78, 5) is 21.2. The lowest BCUT2D eigenvalue weighted by Crippen LogP contribution is -2.41. The second-order valence-corrected chi connectivity index (χ2v) is 10.7. The number of anilines is 2. The van der Waals surface area contributed by atoms with Crippen LogP contribution in [0.25, 0.3) is 11.2 Å². The predicted octanol–water partition coefficient (Wildman–Crippen LogP) is 5.06. The molecule has 4 heterocycles. The number of halogens is 1. The third-order valence-electron chi connectivity index (χ3n) is 7.08. The van der Waals surface area contributed by atoms with Crippen molar-refractivity contribution >= 4 is 46.2 Å². The van der Waals surface area contributed by atoms with E-state index >= 15 is 0 Å². The van der Waals surface area contributed by atoms with Crippen LogP contribution in [0, 0.1) is 16.7 Å². The van der Waals surface area contributed by atoms with Crippen molar-refractivity contribution < 1.29 is 0 Å². The van der Waals surface area contributed by atoms with Crippen molar-refractivity contribution in [2.24, 2.45) is 5.41 Å². The lowest BCUT2D eigenvalue weighted by atomic mass is 9.76. The number of benzene rings is 1. The minimum Gasteiger partial charge on any atom is -0.382 e. The highest BCUT2D eigenvalue weighted by atomic mass is 35.5. The SMILES string of the molecule is N#Cc1ccc2c(c1)CC1(CCN(c3cnc4nc(Sc5ccnc(N)c5Cl)ccc4n3)CC1)C2. The summed E-state index contributed by atoms with van der Waals surface area (Å²) in [5.74, 6) is 1.19. The largest absolute Gasteiger partial charge is 0.382 e. The number of hydrogen-bond acceptors (Lipinski definition) is 8. The van der Waals surface area contributed by atoms with E-state index in [1.807, 2.05) is 30.5 Å². The van der Waals surface area contributed by atoms with Crippen LogP contribution >= 0.6 is 23.4 Å². The number of fused-ring (bicyclic) bond motifs is 2. The molecule has 4 aromatic rings. The Labute approximate surface area is 212 Å². The van der Waals surface area contributed by atoms with E-state index in [0.717, 1.165) is 65.6 Å². The van der Waals surface area contributed by atoms with E-state index in [9.17, 15) is 5.26 Å². The Bertz CT molecular complexity index is 1490. The van der Waals surface area contributed by atoms with Gasteiger partial charge in [-0.05, 0) is 72.6 Å². The molecule has 1 aromatic carbocycles. The molecule has 1 aliphatic carbocycles. The molecule has 35 heavy (non-hydrogen) atoms. The maximum atomic E-state index is 9.22. The highest BCUT2D eigenvalue weighted by Gasteiger charge is 2.40. The molecule has 0 radical (unpaired) electrons. The number of hydrogen-bond donors (Lipinski definition) is 1. The summed E-state index contributed by atoms with van der Waals surface area (Å²) in [7, 11) is 0. The van der Waals surface area contributed by atoms with Gasteiger partial charge in [-0.3, -0.25) is 0 Å². The summed E-state index contributed by atoms with van der Waals surface area (Å²) in [6.45, 7) is 1.89. The zero-order valence-electron chi connectivity index (χ0n) is 18.9. The monoisotopic (exact) mass is 499 g/mol. The second-order valence-electron chi connectivity index (χ2n) is 9.27. The molecule has 0 unspecified atom stereocenters. The number of nitrogens with zero attached hydrogens (tertiary/aromatic N) is 6. The van der Waals surface area contributed by atoms with Crippen molar-refractivity contribution in [1.82, 2.24) is 19.9 Å². The summed E-state index contributed by atoms with van der Waals surface area (Å²) in [6, 6.07) is 14.1. The first-order valence-corrected chi connectivity index (χ1v) is 12.7. The van der Waals surface area contributed by atoms with Crippen molar-refractivity contribution in [3.63, 3.8) is 0 Å². The molecular weight excluding hydrogens is 478 g/mol. The number of piperidine rings is 1. The average molecular weight is 500 g/mol. The maximum Gasteiger partial charge on any atom is 0.179 e. The smallest absolute Gasteiger partial charge is 0.179 e. The Hall–Kier alpha value is -3.41. The van der Waals surface area contributed by atoms with Gasteiger partial charge in [0.25, 0.3) is 0 Å². The fraction of sp³-hybridized carbons (Fsp3) is 0.269. The van der Waals surface area contributed by atoms with Gasteiger partial charge >= 0.3 is 0 Å². The number of nitrogens with two attached hydrogens (primary N) is 1. The fourth-order valence-electron chi connectivity index (χ4n) is 5.19. The van der Waals surface area contributed by atoms with Crippen LogP contribution in [0.1, 0.15) is 29.5 Å². The number of nitrogen functional groups attached to an aromatic ring is 1. The molecule has 9 heteroatoms. The molecule has 2 N–H and O–H groups in total. The van der Waals surface area contributed by atoms with Crippen molar-refractivity contribution in [1.29, 1.82) is 5.26 Å². The third-order valence-corrected chi connectivity index (χ3v) is 8.58. The molecule has 3 aromatic heterocycles. The molecule has 1 fully saturated rings. The molecule has 0 bridgehead atoms. The molecule has 1 aliphatic heterocycles. The lowest BCUT2D eigenvalue weighted by Gasteiger charge is -2.39. The van der Waals surface area contributed by atoms with E-state index in [-0.39, 0.29) is 0 Å². The number of aromatic nitrogens is 4. The Balaban J connectivity index is 1.16. The van der Waals surface area contributed by atoms with Crippen LogP contribution in [0.4, 0.5) is 11.6 Å². The Morgan fingerprint density at radius 1 is 1.03 bits per heavy atom. The minimum atomic E-state index is 0.294. The van der Waals surface area contributed by atoms with E-state index in [0.29, 0.717) is 21.9 Å². The molecule has 174 valence electrons. The van der Waals surface area contributed by atoms with Gasteiger partial charge in [0.2, 0.25) is 0 Å². The topological polar surface area (TPSA) is 105 Å². The first-order valence-electron chi connectivity index (χ1n) is 11.5. The van der Waals surface area contributed by atoms with Crippen LogP contribution < -0.4 is 10.6 Å². The van der Waals surface area contributed by atoms with Gasteiger partial charge in [0.1, 0.15) is 22.2 Å². The van der Waals surface area contributed by atoms with Crippen LogP contribution in [0.15, 0.2) is 58.7 Å². The molecule has 6 rings (SSSR count). The van der Waals surface area contributed by atoms with Crippen molar-refractivity contribution in [3.05, 3.63) is 70.5 Å². The van der Waals surface area contributed by atoms with Crippen LogP contribution in [0.3, 0.4) is 0 Å². The third kappa shape index (κ3) is 4.15. The van der Waals surface area contributed by atoms with Crippen molar-refractivity contribution in [2.45, 2.75) is 35.6 Å². The first kappa shape index (κ1) is 22.1. The lowest BCUT2D eigenvalue weighted by molar-refractivity contribution is 0.232. The highest BCUT2D eigenvalue weighted by molar-refractivity contribution is 7.99. The Kier molecular flexibility index (Phi) is 5.47. The predicted molar refractivity (Wildman–Crippen MR) is 138 cm³/mol. The Morgan fingerprint density at radius 3 is 2.69 bits per heavy atom. The van der Waals surface area contributed by atoms with Crippen LogP contribution in [-0.2, 0) is 12.8 Å². The molecule has 1 saturated heterocycles. The molecule has 2 aliphatic rings. The van der Waals surface area contributed by atoms with Gasteiger partial charge in [0.15, 0.2) is 5.65 Å². The number of pyridine rings is 2. The van der Waals surface area contributed by atoms with Gasteiger partial charge < -0.3 is 10.6 Å². The molecule has 1 spiro atoms. The minimum absolute atomic E-state index is 0.294. The Morgan fingerprint density at radius 2 is 1.86 bits per heavy atom. The molecule has 0 saturated carbocycles. The normalized spacial score (nSPS) is 16.4. The standard InChI is InChI=1S/C26H22ClN7S/c27-23-20(5-8-30-24(23)29)35-22-4-3-19-25(33-22)31-15-21(32-19)34-9-6-26(7-10-34)12-17-2-1-16(14-28)11-18(17)13-26/h1-5,8,11,15H,6-7,9-10,12-13H2,(H2,29,30). The van der Waals surface area contributed by atoms with Gasteiger partial charge in [0, 0.05) is 24.2 Å². The molecular formula is C26H22ClN7S.